The van der Waals surface area contributed by atoms with Gasteiger partial charge in [0, 0.05) is 12.1 Å². The summed E-state index contributed by atoms with van der Waals surface area (Å²) in [5, 5.41) is 10.2. The van der Waals surface area contributed by atoms with Crippen molar-refractivity contribution < 1.29 is 18.7 Å². The van der Waals surface area contributed by atoms with E-state index in [1.54, 1.807) is 31.2 Å². The highest BCUT2D eigenvalue weighted by Gasteiger charge is 2.18. The molecule has 7 heteroatoms. The number of hydrogen-bond donors (Lipinski definition) is 1. The van der Waals surface area contributed by atoms with Crippen LogP contribution in [0.2, 0.25) is 0 Å². The Morgan fingerprint density at radius 3 is 2.52 bits per heavy atom. The van der Waals surface area contributed by atoms with Crippen LogP contribution >= 0.6 is 0 Å². The van der Waals surface area contributed by atoms with Gasteiger partial charge in [0.1, 0.15) is 0 Å². The Hall–Kier alpha value is -3.48. The van der Waals surface area contributed by atoms with Crippen molar-refractivity contribution in [2.75, 3.05) is 6.54 Å². The molecule has 0 aliphatic carbocycles. The lowest BCUT2D eigenvalue weighted by Gasteiger charge is -2.13. The molecule has 3 aromatic rings. The van der Waals surface area contributed by atoms with Gasteiger partial charge in [0.05, 0.1) is 5.56 Å². The summed E-state index contributed by atoms with van der Waals surface area (Å²) < 4.78 is 10.3. The minimum atomic E-state index is -0.885. The van der Waals surface area contributed by atoms with E-state index in [2.05, 4.69) is 15.5 Å². The number of amides is 1. The fourth-order valence-corrected chi connectivity index (χ4v) is 2.45. The molecule has 0 aliphatic heterocycles. The maximum atomic E-state index is 12.2. The average Bonchev–Trinajstić information content (AvgIpc) is 3.23. The third kappa shape index (κ3) is 5.01. The molecule has 0 aliphatic rings. The van der Waals surface area contributed by atoms with E-state index in [1.807, 2.05) is 30.3 Å². The molecule has 0 radical (unpaired) electrons. The zero-order chi connectivity index (χ0) is 19.1. The van der Waals surface area contributed by atoms with Crippen LogP contribution in [0.3, 0.4) is 0 Å². The van der Waals surface area contributed by atoms with E-state index in [9.17, 15) is 9.59 Å². The first kappa shape index (κ1) is 18.3. The van der Waals surface area contributed by atoms with Crippen LogP contribution in [0.1, 0.15) is 22.8 Å². The van der Waals surface area contributed by atoms with Crippen LogP contribution in [0.25, 0.3) is 11.5 Å². The van der Waals surface area contributed by atoms with Crippen molar-refractivity contribution >= 4 is 11.9 Å². The molecule has 2 aromatic carbocycles. The predicted octanol–water partition coefficient (Wildman–Crippen LogP) is 2.64. The van der Waals surface area contributed by atoms with E-state index >= 15 is 0 Å². The molecule has 7 nitrogen and oxygen atoms in total. The minimum absolute atomic E-state index is 0.332. The van der Waals surface area contributed by atoms with Crippen molar-refractivity contribution in [2.45, 2.75) is 19.4 Å². The van der Waals surface area contributed by atoms with Crippen LogP contribution in [0.5, 0.6) is 0 Å². The topological polar surface area (TPSA) is 94.3 Å². The van der Waals surface area contributed by atoms with Crippen molar-refractivity contribution in [1.82, 2.24) is 15.5 Å². The van der Waals surface area contributed by atoms with Gasteiger partial charge in [0.15, 0.2) is 6.10 Å². The number of esters is 1. The summed E-state index contributed by atoms with van der Waals surface area (Å²) in [4.78, 5) is 24.3. The van der Waals surface area contributed by atoms with Gasteiger partial charge in [0.2, 0.25) is 12.3 Å². The lowest BCUT2D eigenvalue weighted by molar-refractivity contribution is -0.129. The highest BCUT2D eigenvalue weighted by atomic mass is 16.5. The molecule has 0 saturated heterocycles. The molecule has 0 spiro atoms. The summed E-state index contributed by atoms with van der Waals surface area (Å²) in [5.41, 5.74) is 2.15. The Morgan fingerprint density at radius 1 is 1.11 bits per heavy atom. The SMILES string of the molecule is C[C@@H](OC(=O)c1ccc(-c2nnco2)cc1)C(=O)NCCc1ccccc1. The number of nitrogens with zero attached hydrogens (tertiary/aromatic N) is 2. The Bertz CT molecular complexity index is 877. The fourth-order valence-electron chi connectivity index (χ4n) is 2.45. The molecule has 0 bridgehead atoms. The second-order valence-corrected chi connectivity index (χ2v) is 5.90. The minimum Gasteiger partial charge on any atom is -0.449 e. The molecule has 0 fully saturated rings. The van der Waals surface area contributed by atoms with Crippen LogP contribution in [-0.2, 0) is 16.0 Å². The van der Waals surface area contributed by atoms with E-state index < -0.39 is 12.1 Å². The van der Waals surface area contributed by atoms with Crippen LogP contribution < -0.4 is 5.32 Å². The van der Waals surface area contributed by atoms with Crippen molar-refractivity contribution in [1.29, 1.82) is 0 Å². The molecule has 1 atom stereocenters. The largest absolute Gasteiger partial charge is 0.449 e. The third-order valence-corrected chi connectivity index (χ3v) is 3.94. The molecule has 3 rings (SSSR count). The highest BCUT2D eigenvalue weighted by Crippen LogP contribution is 2.17. The summed E-state index contributed by atoms with van der Waals surface area (Å²) in [6, 6.07) is 16.4. The Balaban J connectivity index is 1.48. The van der Waals surface area contributed by atoms with E-state index in [0.29, 0.717) is 30.0 Å². The quantitative estimate of drug-likeness (QED) is 0.647. The van der Waals surface area contributed by atoms with E-state index in [4.69, 9.17) is 9.15 Å². The molecular formula is C20H19N3O4. The number of rotatable bonds is 7. The number of carbonyl (C=O) groups excluding carboxylic acids is 2. The molecule has 0 saturated carbocycles. The summed E-state index contributed by atoms with van der Waals surface area (Å²) >= 11 is 0. The first-order valence-electron chi connectivity index (χ1n) is 8.52. The van der Waals surface area contributed by atoms with Gasteiger partial charge < -0.3 is 14.5 Å². The number of aromatic nitrogens is 2. The first-order valence-corrected chi connectivity index (χ1v) is 8.52. The lowest BCUT2D eigenvalue weighted by Crippen LogP contribution is -2.36. The van der Waals surface area contributed by atoms with Crippen molar-refractivity contribution in [3.63, 3.8) is 0 Å². The smallest absolute Gasteiger partial charge is 0.338 e. The molecule has 27 heavy (non-hydrogen) atoms. The molecule has 138 valence electrons. The predicted molar refractivity (Wildman–Crippen MR) is 97.8 cm³/mol. The summed E-state index contributed by atoms with van der Waals surface area (Å²) in [5.74, 6) is -0.541. The molecule has 1 N–H and O–H groups in total. The number of ether oxygens (including phenoxy) is 1. The van der Waals surface area contributed by atoms with Gasteiger partial charge >= 0.3 is 5.97 Å². The second-order valence-electron chi connectivity index (χ2n) is 5.90. The van der Waals surface area contributed by atoms with Crippen molar-refractivity contribution in [3.8, 4) is 11.5 Å². The van der Waals surface area contributed by atoms with Crippen LogP contribution in [0, 0.1) is 0 Å². The van der Waals surface area contributed by atoms with E-state index in [1.165, 1.54) is 6.39 Å². The Kier molecular flexibility index (Phi) is 5.94. The maximum absolute atomic E-state index is 12.2. The fraction of sp³-hybridized carbons (Fsp3) is 0.200. The number of hydrogen-bond acceptors (Lipinski definition) is 6. The van der Waals surface area contributed by atoms with Gasteiger partial charge in [0.25, 0.3) is 5.91 Å². The first-order chi connectivity index (χ1) is 13.1. The number of nitrogens with one attached hydrogen (secondary N) is 1. The summed E-state index contributed by atoms with van der Waals surface area (Å²) in [7, 11) is 0. The summed E-state index contributed by atoms with van der Waals surface area (Å²) in [6.45, 7) is 2.02. The third-order valence-electron chi connectivity index (χ3n) is 3.94. The Morgan fingerprint density at radius 2 is 1.85 bits per heavy atom. The second kappa shape index (κ2) is 8.75. The van der Waals surface area contributed by atoms with Gasteiger partial charge in [-0.25, -0.2) is 4.79 Å². The maximum Gasteiger partial charge on any atom is 0.338 e. The van der Waals surface area contributed by atoms with Gasteiger partial charge in [-0.15, -0.1) is 10.2 Å². The molecule has 1 aromatic heterocycles. The summed E-state index contributed by atoms with van der Waals surface area (Å²) in [6.07, 6.45) is 1.06. The molecular weight excluding hydrogens is 346 g/mol. The number of carbonyl (C=O) groups is 2. The highest BCUT2D eigenvalue weighted by molar-refractivity contribution is 5.92. The standard InChI is InChI=1S/C20H19N3O4/c1-14(18(24)21-12-11-15-5-3-2-4-6-15)27-20(25)17-9-7-16(8-10-17)19-23-22-13-26-19/h2-10,13-14H,11-12H2,1H3,(H,21,24)/t14-/m1/s1. The van der Waals surface area contributed by atoms with Crippen LogP contribution in [0.15, 0.2) is 65.4 Å². The van der Waals surface area contributed by atoms with Crippen LogP contribution in [-0.4, -0.2) is 34.7 Å². The van der Waals surface area contributed by atoms with Gasteiger partial charge in [-0.05, 0) is 43.2 Å². The van der Waals surface area contributed by atoms with E-state index in [0.717, 1.165) is 5.56 Å². The zero-order valence-electron chi connectivity index (χ0n) is 14.8. The molecule has 0 unspecified atom stereocenters. The van der Waals surface area contributed by atoms with E-state index in [-0.39, 0.29) is 5.91 Å². The Labute approximate surface area is 156 Å². The molecule has 1 heterocycles. The van der Waals surface area contributed by atoms with Crippen LogP contribution in [0.4, 0.5) is 0 Å². The zero-order valence-corrected chi connectivity index (χ0v) is 14.8. The monoisotopic (exact) mass is 365 g/mol. The van der Waals surface area contributed by atoms with Crippen molar-refractivity contribution in [3.05, 3.63) is 72.1 Å². The van der Waals surface area contributed by atoms with Gasteiger partial charge in [-0.1, -0.05) is 30.3 Å². The molecule has 1 amide bonds. The van der Waals surface area contributed by atoms with Gasteiger partial charge in [-0.2, -0.15) is 0 Å². The normalized spacial score (nSPS) is 11.6. The average molecular weight is 365 g/mol. The van der Waals surface area contributed by atoms with Gasteiger partial charge in [-0.3, -0.25) is 4.79 Å². The lowest BCUT2D eigenvalue weighted by atomic mass is 10.1. The van der Waals surface area contributed by atoms with Crippen molar-refractivity contribution in [2.24, 2.45) is 0 Å². The number of benzene rings is 2.